The summed E-state index contributed by atoms with van der Waals surface area (Å²) in [5, 5.41) is 24.3. The van der Waals surface area contributed by atoms with Gasteiger partial charge >= 0.3 is 11.9 Å². The van der Waals surface area contributed by atoms with E-state index in [9.17, 15) is 9.59 Å². The van der Waals surface area contributed by atoms with E-state index in [0.717, 1.165) is 6.08 Å². The van der Waals surface area contributed by atoms with Crippen LogP contribution in [-0.4, -0.2) is 22.2 Å². The molecule has 0 amide bonds. The van der Waals surface area contributed by atoms with Gasteiger partial charge in [0.1, 0.15) is 11.6 Å². The zero-order valence-electron chi connectivity index (χ0n) is 9.30. The van der Waals surface area contributed by atoms with E-state index in [1.807, 2.05) is 13.8 Å². The molecule has 0 radical (unpaired) electrons. The fraction of sp³-hybridized carbons (Fsp3) is 0.364. The number of rotatable bonds is 4. The van der Waals surface area contributed by atoms with E-state index < -0.39 is 11.9 Å². The molecule has 0 rings (SSSR count). The smallest absolute Gasteiger partial charge is 0.346 e. The summed E-state index contributed by atoms with van der Waals surface area (Å²) in [5.41, 5.74) is -0.168. The minimum absolute atomic E-state index is 0.168. The number of hydrogen-bond donors (Lipinski definition) is 2. The van der Waals surface area contributed by atoms with Gasteiger partial charge in [-0.25, -0.2) is 9.59 Å². The number of carboxylic acids is 2. The lowest BCUT2D eigenvalue weighted by Gasteiger charge is -1.96. The Morgan fingerprint density at radius 1 is 1.44 bits per heavy atom. The lowest BCUT2D eigenvalue weighted by Crippen LogP contribution is -1.98. The second-order valence-corrected chi connectivity index (χ2v) is 3.21. The molecular formula is C11H15NO4. The van der Waals surface area contributed by atoms with Crippen LogP contribution in [0.3, 0.4) is 0 Å². The SMILES string of the molecule is C=CC(=O)O.CC(C)CC=C(C#N)C(=O)O. The van der Waals surface area contributed by atoms with Crippen LogP contribution in [0, 0.1) is 17.2 Å². The molecule has 0 atom stereocenters. The van der Waals surface area contributed by atoms with Crippen molar-refractivity contribution in [3.05, 3.63) is 24.3 Å². The van der Waals surface area contributed by atoms with Gasteiger partial charge in [0.2, 0.25) is 0 Å². The van der Waals surface area contributed by atoms with Gasteiger partial charge in [0.05, 0.1) is 0 Å². The number of allylic oxidation sites excluding steroid dienone is 1. The molecule has 0 spiro atoms. The van der Waals surface area contributed by atoms with Crippen LogP contribution < -0.4 is 0 Å². The average Bonchev–Trinajstić information content (AvgIpc) is 2.18. The quantitative estimate of drug-likeness (QED) is 0.561. The molecule has 0 saturated carbocycles. The molecule has 16 heavy (non-hydrogen) atoms. The molecule has 0 aliphatic carbocycles. The molecule has 0 aromatic carbocycles. The molecule has 2 N–H and O–H groups in total. The molecular weight excluding hydrogens is 210 g/mol. The summed E-state index contributed by atoms with van der Waals surface area (Å²) in [4.78, 5) is 19.5. The van der Waals surface area contributed by atoms with Crippen LogP contribution in [0.25, 0.3) is 0 Å². The first kappa shape index (κ1) is 16.3. The molecule has 0 saturated heterocycles. The van der Waals surface area contributed by atoms with E-state index in [2.05, 4.69) is 6.58 Å². The minimum atomic E-state index is -1.15. The Bertz CT molecular complexity index is 323. The normalized spacial score (nSPS) is 9.75. The number of hydrogen-bond acceptors (Lipinski definition) is 3. The molecule has 5 heteroatoms. The molecule has 0 aliphatic heterocycles. The second kappa shape index (κ2) is 9.46. The maximum atomic E-state index is 10.3. The highest BCUT2D eigenvalue weighted by atomic mass is 16.4. The van der Waals surface area contributed by atoms with Crippen LogP contribution in [0.4, 0.5) is 0 Å². The number of aliphatic carboxylic acids is 2. The first-order chi connectivity index (χ1) is 7.34. The number of nitrogens with zero attached hydrogens (tertiary/aromatic N) is 1. The van der Waals surface area contributed by atoms with E-state index >= 15 is 0 Å². The first-order valence-electron chi connectivity index (χ1n) is 4.54. The van der Waals surface area contributed by atoms with Crippen molar-refractivity contribution in [1.29, 1.82) is 5.26 Å². The number of nitriles is 1. The predicted molar refractivity (Wildman–Crippen MR) is 58.6 cm³/mol. The third kappa shape index (κ3) is 11.9. The Balaban J connectivity index is 0. The van der Waals surface area contributed by atoms with Crippen LogP contribution in [0.5, 0.6) is 0 Å². The van der Waals surface area contributed by atoms with Crippen molar-refractivity contribution in [2.75, 3.05) is 0 Å². The van der Waals surface area contributed by atoms with Crippen molar-refractivity contribution in [3.63, 3.8) is 0 Å². The topological polar surface area (TPSA) is 98.4 Å². The molecule has 5 nitrogen and oxygen atoms in total. The summed E-state index contributed by atoms with van der Waals surface area (Å²) in [5.74, 6) is -1.74. The van der Waals surface area contributed by atoms with Crippen LogP contribution in [0.2, 0.25) is 0 Å². The number of carboxylic acid groups (broad SMARTS) is 2. The van der Waals surface area contributed by atoms with Gasteiger partial charge in [-0.15, -0.1) is 0 Å². The highest BCUT2D eigenvalue weighted by Gasteiger charge is 2.04. The van der Waals surface area contributed by atoms with Gasteiger partial charge in [-0.2, -0.15) is 5.26 Å². The highest BCUT2D eigenvalue weighted by molar-refractivity contribution is 5.90. The summed E-state index contributed by atoms with van der Waals surface area (Å²) in [6.45, 7) is 6.89. The van der Waals surface area contributed by atoms with Gasteiger partial charge in [-0.3, -0.25) is 0 Å². The maximum absolute atomic E-state index is 10.3. The Hall–Kier alpha value is -2.09. The Kier molecular flexibility index (Phi) is 9.67. The number of carbonyl (C=O) groups is 2. The molecule has 88 valence electrons. The van der Waals surface area contributed by atoms with Gasteiger partial charge in [0, 0.05) is 6.08 Å². The molecule has 0 bridgehead atoms. The van der Waals surface area contributed by atoms with E-state index in [0.29, 0.717) is 12.3 Å². The van der Waals surface area contributed by atoms with Crippen molar-refractivity contribution in [1.82, 2.24) is 0 Å². The van der Waals surface area contributed by atoms with Crippen LogP contribution in [0.1, 0.15) is 20.3 Å². The van der Waals surface area contributed by atoms with Crippen molar-refractivity contribution in [3.8, 4) is 6.07 Å². The van der Waals surface area contributed by atoms with Crippen molar-refractivity contribution >= 4 is 11.9 Å². The van der Waals surface area contributed by atoms with Gasteiger partial charge in [-0.05, 0) is 12.3 Å². The minimum Gasteiger partial charge on any atom is -0.478 e. The Morgan fingerprint density at radius 2 is 1.88 bits per heavy atom. The predicted octanol–water partition coefficient (Wildman–Crippen LogP) is 1.82. The molecule has 0 aromatic heterocycles. The Labute approximate surface area is 94.3 Å². The summed E-state index contributed by atoms with van der Waals surface area (Å²) in [6.07, 6.45) is 2.92. The van der Waals surface area contributed by atoms with Gasteiger partial charge in [0.15, 0.2) is 0 Å². The van der Waals surface area contributed by atoms with Crippen LogP contribution in [0.15, 0.2) is 24.3 Å². The van der Waals surface area contributed by atoms with Crippen LogP contribution in [-0.2, 0) is 9.59 Å². The molecule has 0 unspecified atom stereocenters. The second-order valence-electron chi connectivity index (χ2n) is 3.21. The van der Waals surface area contributed by atoms with Gasteiger partial charge < -0.3 is 10.2 Å². The lowest BCUT2D eigenvalue weighted by atomic mass is 10.1. The third-order valence-electron chi connectivity index (χ3n) is 1.32. The highest BCUT2D eigenvalue weighted by Crippen LogP contribution is 2.03. The van der Waals surface area contributed by atoms with E-state index in [1.165, 1.54) is 6.08 Å². The van der Waals surface area contributed by atoms with Gasteiger partial charge in [-0.1, -0.05) is 26.5 Å². The van der Waals surface area contributed by atoms with Crippen molar-refractivity contribution in [2.24, 2.45) is 5.92 Å². The van der Waals surface area contributed by atoms with E-state index in [4.69, 9.17) is 15.5 Å². The molecule has 0 aromatic rings. The zero-order valence-corrected chi connectivity index (χ0v) is 9.30. The third-order valence-corrected chi connectivity index (χ3v) is 1.32. The average molecular weight is 225 g/mol. The zero-order chi connectivity index (χ0) is 13.1. The summed E-state index contributed by atoms with van der Waals surface area (Å²) >= 11 is 0. The molecule has 0 fully saturated rings. The summed E-state index contributed by atoms with van der Waals surface area (Å²) in [6, 6.07) is 1.62. The monoisotopic (exact) mass is 225 g/mol. The maximum Gasteiger partial charge on any atom is 0.346 e. The first-order valence-corrected chi connectivity index (χ1v) is 4.54. The standard InChI is InChI=1S/C8H11NO2.C3H4O2/c1-6(2)3-4-7(5-9)8(10)11;1-2-3(4)5/h4,6H,3H2,1-2H3,(H,10,11);2H,1H2,(H,4,5). The van der Waals surface area contributed by atoms with E-state index in [-0.39, 0.29) is 5.57 Å². The summed E-state index contributed by atoms with van der Waals surface area (Å²) < 4.78 is 0. The fourth-order valence-corrected chi connectivity index (χ4v) is 0.534. The van der Waals surface area contributed by atoms with Crippen molar-refractivity contribution < 1.29 is 19.8 Å². The lowest BCUT2D eigenvalue weighted by molar-refractivity contribution is -0.132. The van der Waals surface area contributed by atoms with Crippen LogP contribution >= 0.6 is 0 Å². The molecule has 0 heterocycles. The van der Waals surface area contributed by atoms with Crippen molar-refractivity contribution in [2.45, 2.75) is 20.3 Å². The van der Waals surface area contributed by atoms with Gasteiger partial charge in [0.25, 0.3) is 0 Å². The van der Waals surface area contributed by atoms with E-state index in [1.54, 1.807) is 6.07 Å². The molecule has 0 aliphatic rings. The summed E-state index contributed by atoms with van der Waals surface area (Å²) in [7, 11) is 0. The fourth-order valence-electron chi connectivity index (χ4n) is 0.534. The largest absolute Gasteiger partial charge is 0.478 e. The Morgan fingerprint density at radius 3 is 2.06 bits per heavy atom.